The molecular weight excluding hydrogens is 290 g/mol. The highest BCUT2D eigenvalue weighted by atomic mass is 16.5. The molecule has 3 rings (SSSR count). The molecule has 0 fully saturated rings. The molecule has 2 heterocycles. The summed E-state index contributed by atoms with van der Waals surface area (Å²) < 4.78 is 7.73. The summed E-state index contributed by atoms with van der Waals surface area (Å²) in [6, 6.07) is 0. The van der Waals surface area contributed by atoms with Crippen molar-refractivity contribution in [3.8, 4) is 0 Å². The molecule has 0 radical (unpaired) electrons. The molecule has 126 valence electrons. The number of carbonyl (C=O) groups is 1. The summed E-state index contributed by atoms with van der Waals surface area (Å²) in [6.07, 6.45) is 9.16. The molecular formula is C18H27N3O2. The van der Waals surface area contributed by atoms with E-state index in [1.807, 2.05) is 18.0 Å². The zero-order valence-corrected chi connectivity index (χ0v) is 14.2. The Bertz CT molecular complexity index is 579. The van der Waals surface area contributed by atoms with Gasteiger partial charge in [-0.1, -0.05) is 12.2 Å². The van der Waals surface area contributed by atoms with E-state index >= 15 is 0 Å². The quantitative estimate of drug-likeness (QED) is 0.758. The molecule has 5 nitrogen and oxygen atoms in total. The maximum absolute atomic E-state index is 12.7. The zero-order valence-electron chi connectivity index (χ0n) is 14.2. The average molecular weight is 317 g/mol. The van der Waals surface area contributed by atoms with Crippen molar-refractivity contribution in [3.63, 3.8) is 0 Å². The van der Waals surface area contributed by atoms with Gasteiger partial charge in [0.2, 0.25) is 5.91 Å². The van der Waals surface area contributed by atoms with Gasteiger partial charge in [0.1, 0.15) is 0 Å². The Morgan fingerprint density at radius 3 is 3.00 bits per heavy atom. The van der Waals surface area contributed by atoms with E-state index in [4.69, 9.17) is 4.74 Å². The Labute approximate surface area is 138 Å². The van der Waals surface area contributed by atoms with Gasteiger partial charge in [-0.3, -0.25) is 9.48 Å². The SMILES string of the molecule is CCOC[C@H]1CN(C(=O)C[C@H]2C=CCC2)Cc2cnn(CC)c21. The van der Waals surface area contributed by atoms with Crippen LogP contribution in [0.3, 0.4) is 0 Å². The first-order chi connectivity index (χ1) is 11.2. The van der Waals surface area contributed by atoms with Crippen molar-refractivity contribution in [2.24, 2.45) is 5.92 Å². The monoisotopic (exact) mass is 317 g/mol. The van der Waals surface area contributed by atoms with E-state index in [-0.39, 0.29) is 11.8 Å². The number of allylic oxidation sites excluding steroid dienone is 2. The Morgan fingerprint density at radius 2 is 2.30 bits per heavy atom. The number of aromatic nitrogens is 2. The third kappa shape index (κ3) is 3.50. The first-order valence-electron chi connectivity index (χ1n) is 8.79. The largest absolute Gasteiger partial charge is 0.381 e. The lowest BCUT2D eigenvalue weighted by molar-refractivity contribution is -0.133. The highest BCUT2D eigenvalue weighted by Crippen LogP contribution is 2.30. The second-order valence-electron chi connectivity index (χ2n) is 6.47. The number of hydrogen-bond donors (Lipinski definition) is 0. The van der Waals surface area contributed by atoms with Crippen molar-refractivity contribution in [1.82, 2.24) is 14.7 Å². The van der Waals surface area contributed by atoms with Crippen LogP contribution in [0.4, 0.5) is 0 Å². The average Bonchev–Trinajstić information content (AvgIpc) is 3.21. The minimum absolute atomic E-state index is 0.226. The lowest BCUT2D eigenvalue weighted by Crippen LogP contribution is -2.40. The van der Waals surface area contributed by atoms with E-state index in [0.717, 1.165) is 25.9 Å². The molecule has 5 heteroatoms. The topological polar surface area (TPSA) is 47.4 Å². The lowest BCUT2D eigenvalue weighted by Gasteiger charge is -2.34. The van der Waals surface area contributed by atoms with Crippen LogP contribution in [0.2, 0.25) is 0 Å². The van der Waals surface area contributed by atoms with Gasteiger partial charge in [0.05, 0.1) is 18.5 Å². The van der Waals surface area contributed by atoms with Crippen molar-refractivity contribution in [3.05, 3.63) is 29.6 Å². The van der Waals surface area contributed by atoms with Gasteiger partial charge in [0.15, 0.2) is 0 Å². The van der Waals surface area contributed by atoms with E-state index in [2.05, 4.69) is 28.9 Å². The minimum atomic E-state index is 0.226. The van der Waals surface area contributed by atoms with Gasteiger partial charge in [-0.25, -0.2) is 0 Å². The van der Waals surface area contributed by atoms with Gasteiger partial charge < -0.3 is 9.64 Å². The third-order valence-electron chi connectivity index (χ3n) is 4.87. The van der Waals surface area contributed by atoms with Gasteiger partial charge >= 0.3 is 0 Å². The first-order valence-corrected chi connectivity index (χ1v) is 8.79. The van der Waals surface area contributed by atoms with E-state index in [1.54, 1.807) is 0 Å². The molecule has 0 spiro atoms. The van der Waals surface area contributed by atoms with E-state index in [0.29, 0.717) is 32.1 Å². The molecule has 1 aliphatic carbocycles. The van der Waals surface area contributed by atoms with Crippen LogP contribution in [-0.2, 0) is 22.6 Å². The van der Waals surface area contributed by atoms with Crippen molar-refractivity contribution >= 4 is 5.91 Å². The lowest BCUT2D eigenvalue weighted by atomic mass is 9.95. The number of amides is 1. The van der Waals surface area contributed by atoms with E-state index in [1.165, 1.54) is 11.3 Å². The normalized spacial score (nSPS) is 23.3. The molecule has 0 N–H and O–H groups in total. The highest BCUT2D eigenvalue weighted by Gasteiger charge is 2.32. The molecule has 0 saturated carbocycles. The van der Waals surface area contributed by atoms with Gasteiger partial charge in [-0.2, -0.15) is 5.10 Å². The van der Waals surface area contributed by atoms with Gasteiger partial charge in [0.25, 0.3) is 0 Å². The highest BCUT2D eigenvalue weighted by molar-refractivity contribution is 5.77. The van der Waals surface area contributed by atoms with E-state index in [9.17, 15) is 4.79 Å². The van der Waals surface area contributed by atoms with Gasteiger partial charge in [0, 0.05) is 44.1 Å². The van der Waals surface area contributed by atoms with Crippen molar-refractivity contribution < 1.29 is 9.53 Å². The second-order valence-corrected chi connectivity index (χ2v) is 6.47. The fraction of sp³-hybridized carbons (Fsp3) is 0.667. The summed E-state index contributed by atoms with van der Waals surface area (Å²) in [6.45, 7) is 7.76. The number of carbonyl (C=O) groups excluding carboxylic acids is 1. The number of hydrogen-bond acceptors (Lipinski definition) is 3. The fourth-order valence-electron chi connectivity index (χ4n) is 3.70. The predicted octanol–water partition coefficient (Wildman–Crippen LogP) is 2.72. The maximum atomic E-state index is 12.7. The number of aryl methyl sites for hydroxylation is 1. The first kappa shape index (κ1) is 16.2. The van der Waals surface area contributed by atoms with Crippen LogP contribution in [0.15, 0.2) is 18.3 Å². The molecule has 1 aromatic heterocycles. The van der Waals surface area contributed by atoms with Gasteiger partial charge in [-0.05, 0) is 32.6 Å². The predicted molar refractivity (Wildman–Crippen MR) is 89.0 cm³/mol. The summed E-state index contributed by atoms with van der Waals surface area (Å²) in [5.41, 5.74) is 2.43. The molecule has 1 aromatic rings. The smallest absolute Gasteiger partial charge is 0.223 e. The zero-order chi connectivity index (χ0) is 16.2. The van der Waals surface area contributed by atoms with Crippen LogP contribution < -0.4 is 0 Å². The third-order valence-corrected chi connectivity index (χ3v) is 4.87. The molecule has 23 heavy (non-hydrogen) atoms. The molecule has 0 unspecified atom stereocenters. The van der Waals surface area contributed by atoms with Gasteiger partial charge in [-0.15, -0.1) is 0 Å². The molecule has 1 amide bonds. The summed E-state index contributed by atoms with van der Waals surface area (Å²) in [7, 11) is 0. The Kier molecular flexibility index (Phi) is 5.16. The Balaban J connectivity index is 1.73. The fourth-order valence-corrected chi connectivity index (χ4v) is 3.70. The van der Waals surface area contributed by atoms with E-state index < -0.39 is 0 Å². The summed E-state index contributed by atoms with van der Waals surface area (Å²) in [5.74, 6) is 0.912. The molecule has 2 aliphatic rings. The molecule has 2 atom stereocenters. The van der Waals surface area contributed by atoms with Crippen LogP contribution in [0.1, 0.15) is 50.3 Å². The summed E-state index contributed by atoms with van der Waals surface area (Å²) >= 11 is 0. The minimum Gasteiger partial charge on any atom is -0.381 e. The van der Waals surface area contributed by atoms with Crippen molar-refractivity contribution in [2.75, 3.05) is 19.8 Å². The molecule has 0 aromatic carbocycles. The second kappa shape index (κ2) is 7.30. The maximum Gasteiger partial charge on any atom is 0.223 e. The molecule has 0 bridgehead atoms. The number of fused-ring (bicyclic) bond motifs is 1. The number of rotatable bonds is 6. The van der Waals surface area contributed by atoms with Crippen molar-refractivity contribution in [2.45, 2.75) is 52.1 Å². The van der Waals surface area contributed by atoms with Crippen LogP contribution >= 0.6 is 0 Å². The summed E-state index contributed by atoms with van der Waals surface area (Å²) in [5, 5.41) is 4.48. The summed E-state index contributed by atoms with van der Waals surface area (Å²) in [4.78, 5) is 14.7. The van der Waals surface area contributed by atoms with Crippen LogP contribution in [0.25, 0.3) is 0 Å². The number of ether oxygens (including phenoxy) is 1. The standard InChI is InChI=1S/C18H27N3O2/c1-3-21-18-15(10-19-21)11-20(12-16(18)13-23-4-2)17(22)9-14-7-5-6-8-14/h5,7,10,14,16H,3-4,6,8-9,11-13H2,1-2H3/t14-,16+/m0/s1. The van der Waals surface area contributed by atoms with Crippen molar-refractivity contribution in [1.29, 1.82) is 0 Å². The number of nitrogens with zero attached hydrogens (tertiary/aromatic N) is 3. The molecule has 0 saturated heterocycles. The van der Waals surface area contributed by atoms with Crippen LogP contribution in [0, 0.1) is 5.92 Å². The Hall–Kier alpha value is -1.62. The Morgan fingerprint density at radius 1 is 1.43 bits per heavy atom. The molecule has 1 aliphatic heterocycles. The van der Waals surface area contributed by atoms with Crippen LogP contribution in [-0.4, -0.2) is 40.3 Å². The van der Waals surface area contributed by atoms with Crippen LogP contribution in [0.5, 0.6) is 0 Å².